The molecule has 1 unspecified atom stereocenters. The topological polar surface area (TPSA) is 58.1 Å². The summed E-state index contributed by atoms with van der Waals surface area (Å²) >= 11 is 0. The largest absolute Gasteiger partial charge is 0.493 e. The third-order valence-electron chi connectivity index (χ3n) is 6.00. The molecule has 1 aliphatic rings. The van der Waals surface area contributed by atoms with Gasteiger partial charge in [-0.1, -0.05) is 24.3 Å². The quantitative estimate of drug-likeness (QED) is 0.278. The lowest BCUT2D eigenvalue weighted by Gasteiger charge is -2.27. The summed E-state index contributed by atoms with van der Waals surface area (Å²) < 4.78 is 25.1. The SMILES string of the molecule is CN=C(NCC(c1ccc(OC)c(OC)c1)N(C)C)NCC1(c2ccccc2F)CC1.I. The number of aliphatic imine (C=N–C) groups is 1. The molecule has 0 saturated heterocycles. The summed E-state index contributed by atoms with van der Waals surface area (Å²) in [5, 5.41) is 6.81. The molecule has 1 aliphatic carbocycles. The molecule has 1 saturated carbocycles. The molecule has 0 radical (unpaired) electrons. The van der Waals surface area contributed by atoms with Crippen molar-refractivity contribution >= 4 is 29.9 Å². The maximum atomic E-state index is 14.3. The Bertz CT molecular complexity index is 919. The van der Waals surface area contributed by atoms with Gasteiger partial charge in [-0.2, -0.15) is 0 Å². The number of likely N-dealkylation sites (N-methyl/N-ethyl adjacent to an activating group) is 1. The van der Waals surface area contributed by atoms with Gasteiger partial charge in [0.15, 0.2) is 17.5 Å². The van der Waals surface area contributed by atoms with Crippen molar-refractivity contribution in [1.29, 1.82) is 0 Å². The molecule has 3 rings (SSSR count). The van der Waals surface area contributed by atoms with Gasteiger partial charge in [-0.05, 0) is 56.3 Å². The highest BCUT2D eigenvalue weighted by molar-refractivity contribution is 14.0. The second-order valence-electron chi connectivity index (χ2n) is 8.16. The minimum Gasteiger partial charge on any atom is -0.493 e. The second-order valence-corrected chi connectivity index (χ2v) is 8.16. The van der Waals surface area contributed by atoms with Gasteiger partial charge in [-0.3, -0.25) is 4.99 Å². The molecule has 1 fully saturated rings. The maximum absolute atomic E-state index is 14.3. The van der Waals surface area contributed by atoms with Crippen LogP contribution in [-0.4, -0.2) is 59.3 Å². The highest BCUT2D eigenvalue weighted by Crippen LogP contribution is 2.48. The number of ether oxygens (including phenoxy) is 2. The van der Waals surface area contributed by atoms with Crippen molar-refractivity contribution < 1.29 is 13.9 Å². The number of benzene rings is 2. The summed E-state index contributed by atoms with van der Waals surface area (Å²) in [6.45, 7) is 1.30. The number of nitrogens with zero attached hydrogens (tertiary/aromatic N) is 2. The van der Waals surface area contributed by atoms with Crippen LogP contribution in [0.5, 0.6) is 11.5 Å². The lowest BCUT2D eigenvalue weighted by Crippen LogP contribution is -2.44. The molecule has 1 atom stereocenters. The molecule has 0 aromatic heterocycles. The fourth-order valence-corrected chi connectivity index (χ4v) is 3.91. The number of guanidine groups is 1. The lowest BCUT2D eigenvalue weighted by atomic mass is 9.95. The van der Waals surface area contributed by atoms with E-state index in [1.165, 1.54) is 6.07 Å². The zero-order chi connectivity index (χ0) is 22.4. The average molecular weight is 556 g/mol. The predicted molar refractivity (Wildman–Crippen MR) is 138 cm³/mol. The van der Waals surface area contributed by atoms with Crippen LogP contribution in [0.15, 0.2) is 47.5 Å². The first-order valence-electron chi connectivity index (χ1n) is 10.5. The molecule has 0 amide bonds. The number of halogens is 2. The summed E-state index contributed by atoms with van der Waals surface area (Å²) in [5.74, 6) is 1.98. The van der Waals surface area contributed by atoms with Gasteiger partial charge in [-0.25, -0.2) is 4.39 Å². The van der Waals surface area contributed by atoms with Gasteiger partial charge in [0.05, 0.1) is 20.3 Å². The standard InChI is InChI=1S/C24H33FN4O2.HI/c1-26-23(28-16-24(12-13-24)18-8-6-7-9-19(18)25)27-15-20(29(2)3)17-10-11-21(30-4)22(14-17)31-5;/h6-11,14,20H,12-13,15-16H2,1-5H3,(H2,26,27,28);1H. The smallest absolute Gasteiger partial charge is 0.191 e. The van der Waals surface area contributed by atoms with E-state index in [9.17, 15) is 4.39 Å². The van der Waals surface area contributed by atoms with Crippen LogP contribution in [0.1, 0.15) is 30.0 Å². The van der Waals surface area contributed by atoms with Gasteiger partial charge >= 0.3 is 0 Å². The summed E-state index contributed by atoms with van der Waals surface area (Å²) in [6, 6.07) is 13.1. The van der Waals surface area contributed by atoms with E-state index in [0.717, 1.165) is 24.0 Å². The Hall–Kier alpha value is -2.07. The molecule has 8 heteroatoms. The Balaban J connectivity index is 0.00000363. The molecular weight excluding hydrogens is 522 g/mol. The Morgan fingerprint density at radius 1 is 1.09 bits per heavy atom. The average Bonchev–Trinajstić information content (AvgIpc) is 3.56. The zero-order valence-electron chi connectivity index (χ0n) is 19.4. The maximum Gasteiger partial charge on any atom is 0.191 e. The van der Waals surface area contributed by atoms with Crippen molar-refractivity contribution in [3.63, 3.8) is 0 Å². The summed E-state index contributed by atoms with van der Waals surface area (Å²) in [4.78, 5) is 6.50. The van der Waals surface area contributed by atoms with Gasteiger partial charge in [-0.15, -0.1) is 24.0 Å². The predicted octanol–water partition coefficient (Wildman–Crippen LogP) is 3.96. The van der Waals surface area contributed by atoms with Gasteiger partial charge < -0.3 is 25.0 Å². The number of hydrogen-bond acceptors (Lipinski definition) is 4. The Kier molecular flexibility index (Phi) is 9.57. The molecule has 0 aliphatic heterocycles. The molecule has 0 bridgehead atoms. The molecule has 0 heterocycles. The normalized spacial score (nSPS) is 15.5. The minimum atomic E-state index is -0.146. The minimum absolute atomic E-state index is 0. The van der Waals surface area contributed by atoms with Gasteiger partial charge in [0, 0.05) is 25.6 Å². The van der Waals surface area contributed by atoms with Crippen LogP contribution in [0.2, 0.25) is 0 Å². The molecule has 6 nitrogen and oxygen atoms in total. The van der Waals surface area contributed by atoms with Crippen LogP contribution in [0.25, 0.3) is 0 Å². The van der Waals surface area contributed by atoms with E-state index in [-0.39, 0.29) is 41.3 Å². The van der Waals surface area contributed by atoms with Gasteiger partial charge in [0.1, 0.15) is 5.82 Å². The zero-order valence-corrected chi connectivity index (χ0v) is 21.8. The van der Waals surface area contributed by atoms with Crippen molar-refractivity contribution in [2.45, 2.75) is 24.3 Å². The summed E-state index contributed by atoms with van der Waals surface area (Å²) in [6.07, 6.45) is 1.95. The molecule has 0 spiro atoms. The van der Waals surface area contributed by atoms with E-state index in [1.807, 2.05) is 44.4 Å². The van der Waals surface area contributed by atoms with Crippen LogP contribution < -0.4 is 20.1 Å². The molecule has 2 aromatic rings. The number of rotatable bonds is 9. The Morgan fingerprint density at radius 2 is 1.78 bits per heavy atom. The fraction of sp³-hybridized carbons (Fsp3) is 0.458. The molecule has 176 valence electrons. The van der Waals surface area contributed by atoms with Crippen molar-refractivity contribution in [3.8, 4) is 11.5 Å². The van der Waals surface area contributed by atoms with E-state index >= 15 is 0 Å². The third-order valence-corrected chi connectivity index (χ3v) is 6.00. The fourth-order valence-electron chi connectivity index (χ4n) is 3.91. The van der Waals surface area contributed by atoms with Crippen LogP contribution in [-0.2, 0) is 5.41 Å². The van der Waals surface area contributed by atoms with E-state index < -0.39 is 0 Å². The van der Waals surface area contributed by atoms with E-state index in [2.05, 4.69) is 20.5 Å². The number of methoxy groups -OCH3 is 2. The van der Waals surface area contributed by atoms with Crippen molar-refractivity contribution in [1.82, 2.24) is 15.5 Å². The molecule has 2 N–H and O–H groups in total. The van der Waals surface area contributed by atoms with Gasteiger partial charge in [0.25, 0.3) is 0 Å². The van der Waals surface area contributed by atoms with Crippen molar-refractivity contribution in [2.75, 3.05) is 48.5 Å². The summed E-state index contributed by atoms with van der Waals surface area (Å²) in [5.41, 5.74) is 1.75. The van der Waals surface area contributed by atoms with Crippen LogP contribution in [0.3, 0.4) is 0 Å². The molecule has 32 heavy (non-hydrogen) atoms. The summed E-state index contributed by atoms with van der Waals surface area (Å²) in [7, 11) is 9.10. The lowest BCUT2D eigenvalue weighted by molar-refractivity contribution is 0.295. The Labute approximate surface area is 207 Å². The monoisotopic (exact) mass is 556 g/mol. The van der Waals surface area contributed by atoms with Crippen LogP contribution in [0, 0.1) is 5.82 Å². The first-order chi connectivity index (χ1) is 14.9. The van der Waals surface area contributed by atoms with Gasteiger partial charge in [0.2, 0.25) is 0 Å². The molecular formula is C24H34FIN4O2. The van der Waals surface area contributed by atoms with Crippen molar-refractivity contribution in [3.05, 3.63) is 59.4 Å². The second kappa shape index (κ2) is 11.7. The number of nitrogens with one attached hydrogen (secondary N) is 2. The van der Waals surface area contributed by atoms with Crippen molar-refractivity contribution in [2.24, 2.45) is 4.99 Å². The highest BCUT2D eigenvalue weighted by atomic mass is 127. The van der Waals surface area contributed by atoms with E-state index in [4.69, 9.17) is 9.47 Å². The van der Waals surface area contributed by atoms with Crippen LogP contribution in [0.4, 0.5) is 4.39 Å². The first kappa shape index (κ1) is 26.2. The van der Waals surface area contributed by atoms with Crippen LogP contribution >= 0.6 is 24.0 Å². The van der Waals surface area contributed by atoms with E-state index in [0.29, 0.717) is 30.5 Å². The highest BCUT2D eigenvalue weighted by Gasteiger charge is 2.45. The Morgan fingerprint density at radius 3 is 2.34 bits per heavy atom. The van der Waals surface area contributed by atoms with E-state index in [1.54, 1.807) is 27.3 Å². The third kappa shape index (κ3) is 6.04. The number of hydrogen-bond donors (Lipinski definition) is 2. The first-order valence-corrected chi connectivity index (χ1v) is 10.5. The molecule has 2 aromatic carbocycles.